The first kappa shape index (κ1) is 28.8. The number of anilines is 2. The number of benzene rings is 3. The molecule has 0 aliphatic carbocycles. The first-order valence-electron chi connectivity index (χ1n) is 13.7. The maximum absolute atomic E-state index is 5.92. The minimum Gasteiger partial charge on any atom is -0.527 e. The molecule has 0 bridgehead atoms. The van der Waals surface area contributed by atoms with Crippen LogP contribution in [0.3, 0.4) is 0 Å². The van der Waals surface area contributed by atoms with Crippen molar-refractivity contribution in [2.75, 3.05) is 4.90 Å². The van der Waals surface area contributed by atoms with Crippen LogP contribution in [0.25, 0.3) is 16.8 Å². The molecule has 0 saturated heterocycles. The molecule has 7 rings (SSSR count). The molecule has 5 aromatic rings. The zero-order valence-corrected chi connectivity index (χ0v) is 26.7. The van der Waals surface area contributed by atoms with Crippen molar-refractivity contribution in [1.82, 2.24) is 14.8 Å². The second kappa shape index (κ2) is 10.6. The van der Waals surface area contributed by atoms with E-state index in [1.165, 1.54) is 22.4 Å². The molecule has 2 aliphatic rings. The summed E-state index contributed by atoms with van der Waals surface area (Å²) in [6.45, 7) is 13.3. The molecule has 6 heteroatoms. The number of hydrogen-bond donors (Lipinski definition) is 0. The van der Waals surface area contributed by atoms with Crippen LogP contribution in [-0.2, 0) is 30.9 Å². The van der Waals surface area contributed by atoms with E-state index in [0.717, 1.165) is 22.9 Å². The molecule has 0 fully saturated rings. The van der Waals surface area contributed by atoms with Gasteiger partial charge in [0.25, 0.3) is 0 Å². The summed E-state index contributed by atoms with van der Waals surface area (Å²) in [6.07, 6.45) is 3.78. The Morgan fingerprint density at radius 2 is 1.41 bits per heavy atom. The van der Waals surface area contributed by atoms with Gasteiger partial charge in [0, 0.05) is 43.0 Å². The summed E-state index contributed by atoms with van der Waals surface area (Å²) in [5, 5.41) is 4.72. The van der Waals surface area contributed by atoms with Crippen LogP contribution in [0.2, 0.25) is 0 Å². The fourth-order valence-electron chi connectivity index (χ4n) is 5.82. The molecule has 211 valence electrons. The van der Waals surface area contributed by atoms with E-state index in [0.29, 0.717) is 0 Å². The van der Waals surface area contributed by atoms with Gasteiger partial charge in [-0.2, -0.15) is 47.6 Å². The Bertz CT molecular complexity index is 1640. The SMILES string of the molecule is CC1(C)Oc2ccc[c-]c2N1c1ccccn1.CC1(C)c2ccc[c-]c2-n2ncc(-c3ccccc3)c2C1(C)C.[Ir]. The van der Waals surface area contributed by atoms with E-state index in [4.69, 9.17) is 9.84 Å². The summed E-state index contributed by atoms with van der Waals surface area (Å²) in [7, 11) is 0. The fourth-order valence-corrected chi connectivity index (χ4v) is 5.82. The Morgan fingerprint density at radius 1 is 0.732 bits per heavy atom. The number of rotatable bonds is 2. The van der Waals surface area contributed by atoms with Crippen molar-refractivity contribution in [3.05, 3.63) is 121 Å². The van der Waals surface area contributed by atoms with E-state index in [1.807, 2.05) is 62.5 Å². The molecule has 2 aliphatic heterocycles. The van der Waals surface area contributed by atoms with Gasteiger partial charge in [0.15, 0.2) is 5.72 Å². The predicted molar refractivity (Wildman–Crippen MR) is 160 cm³/mol. The standard InChI is InChI=1S/C21H21N2.C14H13N2O.Ir/c1-20(2)17-12-8-9-13-18(17)23-19(21(20,3)4)16(14-22-23)15-10-6-5-7-11-15;1-14(2)16(13-9-5-6-10-15-13)11-7-3-4-8-12(11)17-14;/h5-12,14H,1-4H3;3-6,8-10H,1-2H3;/q2*-1;. The van der Waals surface area contributed by atoms with Gasteiger partial charge in [-0.05, 0) is 48.3 Å². The molecule has 5 nitrogen and oxygen atoms in total. The Balaban J connectivity index is 0.000000168. The van der Waals surface area contributed by atoms with Crippen LogP contribution in [0.1, 0.15) is 52.8 Å². The maximum atomic E-state index is 5.92. The van der Waals surface area contributed by atoms with Crippen molar-refractivity contribution in [1.29, 1.82) is 0 Å². The molecular weight excluding hydrogens is 685 g/mol. The van der Waals surface area contributed by atoms with Crippen molar-refractivity contribution in [3.8, 4) is 22.6 Å². The molecule has 2 aromatic heterocycles. The molecule has 0 saturated carbocycles. The molecule has 4 heterocycles. The van der Waals surface area contributed by atoms with Crippen LogP contribution < -0.4 is 9.64 Å². The molecule has 41 heavy (non-hydrogen) atoms. The van der Waals surface area contributed by atoms with Crippen LogP contribution >= 0.6 is 0 Å². The topological polar surface area (TPSA) is 43.2 Å². The van der Waals surface area contributed by atoms with Crippen molar-refractivity contribution >= 4 is 11.5 Å². The number of para-hydroxylation sites is 2. The minimum absolute atomic E-state index is 0. The molecule has 0 atom stereocenters. The van der Waals surface area contributed by atoms with E-state index in [2.05, 4.69) is 96.9 Å². The maximum Gasteiger partial charge on any atom is 0.166 e. The molecular formula is C35H34IrN4O-2. The van der Waals surface area contributed by atoms with Crippen molar-refractivity contribution in [2.24, 2.45) is 0 Å². The molecule has 3 aromatic carbocycles. The van der Waals surface area contributed by atoms with Crippen LogP contribution in [0.4, 0.5) is 11.5 Å². The van der Waals surface area contributed by atoms with Gasteiger partial charge >= 0.3 is 0 Å². The molecule has 0 spiro atoms. The summed E-state index contributed by atoms with van der Waals surface area (Å²) < 4.78 is 8.00. The normalized spacial score (nSPS) is 16.6. The number of hydrogen-bond acceptors (Lipinski definition) is 4. The van der Waals surface area contributed by atoms with Crippen LogP contribution in [0.5, 0.6) is 5.75 Å². The molecule has 1 radical (unpaired) electrons. The zero-order chi connectivity index (χ0) is 28.1. The van der Waals surface area contributed by atoms with Gasteiger partial charge in [-0.15, -0.1) is 11.6 Å². The molecule has 0 unspecified atom stereocenters. The second-order valence-electron chi connectivity index (χ2n) is 11.8. The van der Waals surface area contributed by atoms with E-state index in [-0.39, 0.29) is 30.9 Å². The number of pyridine rings is 1. The van der Waals surface area contributed by atoms with E-state index in [9.17, 15) is 0 Å². The third kappa shape index (κ3) is 4.69. The number of ether oxygens (including phenoxy) is 1. The Morgan fingerprint density at radius 3 is 2.12 bits per heavy atom. The van der Waals surface area contributed by atoms with Gasteiger partial charge < -0.3 is 9.64 Å². The Hall–Kier alpha value is -3.73. The van der Waals surface area contributed by atoms with Gasteiger partial charge in [-0.25, -0.2) is 4.98 Å². The Labute approximate surface area is 256 Å². The van der Waals surface area contributed by atoms with Crippen LogP contribution in [-0.4, -0.2) is 20.5 Å². The Kier molecular flexibility index (Phi) is 7.44. The minimum atomic E-state index is -0.436. The van der Waals surface area contributed by atoms with Gasteiger partial charge in [0.2, 0.25) is 0 Å². The number of fused-ring (bicyclic) bond motifs is 4. The molecule has 0 N–H and O–H groups in total. The first-order valence-corrected chi connectivity index (χ1v) is 13.7. The van der Waals surface area contributed by atoms with Gasteiger partial charge in [-0.3, -0.25) is 4.68 Å². The predicted octanol–water partition coefficient (Wildman–Crippen LogP) is 8.05. The summed E-state index contributed by atoms with van der Waals surface area (Å²) >= 11 is 0. The fraction of sp³-hybridized carbons (Fsp3) is 0.257. The summed E-state index contributed by atoms with van der Waals surface area (Å²) in [5.41, 5.74) is 6.54. The van der Waals surface area contributed by atoms with Gasteiger partial charge in [0.05, 0.1) is 11.9 Å². The van der Waals surface area contributed by atoms with Gasteiger partial charge in [-0.1, -0.05) is 64.1 Å². The van der Waals surface area contributed by atoms with Crippen molar-refractivity contribution in [2.45, 2.75) is 58.1 Å². The van der Waals surface area contributed by atoms with Crippen molar-refractivity contribution < 1.29 is 24.8 Å². The van der Waals surface area contributed by atoms with Gasteiger partial charge in [0.1, 0.15) is 5.82 Å². The van der Waals surface area contributed by atoms with E-state index < -0.39 is 5.72 Å². The first-order chi connectivity index (χ1) is 19.1. The number of nitrogens with zero attached hydrogens (tertiary/aromatic N) is 4. The third-order valence-electron chi connectivity index (χ3n) is 8.53. The van der Waals surface area contributed by atoms with Crippen molar-refractivity contribution in [3.63, 3.8) is 0 Å². The average molecular weight is 719 g/mol. The monoisotopic (exact) mass is 719 g/mol. The average Bonchev–Trinajstić information content (AvgIpc) is 3.52. The smallest absolute Gasteiger partial charge is 0.166 e. The summed E-state index contributed by atoms with van der Waals surface area (Å²) in [6, 6.07) is 35.0. The zero-order valence-electron chi connectivity index (χ0n) is 24.3. The van der Waals surface area contributed by atoms with E-state index in [1.54, 1.807) is 6.20 Å². The molecule has 0 amide bonds. The van der Waals surface area contributed by atoms with Crippen LogP contribution in [0, 0.1) is 12.1 Å². The van der Waals surface area contributed by atoms with Crippen LogP contribution in [0.15, 0.2) is 97.3 Å². The number of aromatic nitrogens is 3. The quantitative estimate of drug-likeness (QED) is 0.173. The summed E-state index contributed by atoms with van der Waals surface area (Å²) in [5.74, 6) is 1.72. The van der Waals surface area contributed by atoms with E-state index >= 15 is 0 Å². The summed E-state index contributed by atoms with van der Waals surface area (Å²) in [4.78, 5) is 6.44. The largest absolute Gasteiger partial charge is 0.527 e. The second-order valence-corrected chi connectivity index (χ2v) is 11.8. The third-order valence-corrected chi connectivity index (χ3v) is 8.53.